The highest BCUT2D eigenvalue weighted by atomic mass is 16.4. The molecule has 0 spiro atoms. The van der Waals surface area contributed by atoms with Crippen LogP contribution in [0, 0.1) is 0 Å². The molecule has 0 aromatic heterocycles. The number of aliphatic hydroxyl groups excluding tert-OH is 1. The molecular weight excluding hydrogens is 170 g/mol. The average molecular weight is 187 g/mol. The predicted molar refractivity (Wildman–Crippen MR) is 48.5 cm³/mol. The highest BCUT2D eigenvalue weighted by Gasteiger charge is 2.44. The molecule has 13 heavy (non-hydrogen) atoms. The normalized spacial score (nSPS) is 21.1. The summed E-state index contributed by atoms with van der Waals surface area (Å²) in [7, 11) is 0. The molecule has 0 heterocycles. The monoisotopic (exact) mass is 187 g/mol. The summed E-state index contributed by atoms with van der Waals surface area (Å²) in [6, 6.07) is -0.500. The Balaban J connectivity index is 2.42. The van der Waals surface area contributed by atoms with Gasteiger partial charge >= 0.3 is 5.97 Å². The van der Waals surface area contributed by atoms with Crippen LogP contribution in [0.25, 0.3) is 0 Å². The number of hydrogen-bond donors (Lipinski definition) is 3. The Labute approximate surface area is 78.0 Å². The summed E-state index contributed by atoms with van der Waals surface area (Å²) in [5, 5.41) is 20.9. The van der Waals surface area contributed by atoms with Crippen molar-refractivity contribution in [3.63, 3.8) is 0 Å². The Morgan fingerprint density at radius 3 is 2.54 bits per heavy atom. The Bertz CT molecular complexity index is 189. The maximum atomic E-state index is 10.8. The van der Waals surface area contributed by atoms with Gasteiger partial charge in [0.1, 0.15) is 6.04 Å². The molecule has 0 aromatic rings. The van der Waals surface area contributed by atoms with Crippen LogP contribution < -0.4 is 5.32 Å². The fourth-order valence-electron chi connectivity index (χ4n) is 1.41. The molecule has 4 nitrogen and oxygen atoms in total. The summed E-state index contributed by atoms with van der Waals surface area (Å²) in [6.45, 7) is 2.00. The minimum absolute atomic E-state index is 0.0422. The van der Waals surface area contributed by atoms with Gasteiger partial charge in [0.05, 0.1) is 6.61 Å². The van der Waals surface area contributed by atoms with Crippen LogP contribution in [-0.4, -0.2) is 34.4 Å². The fourth-order valence-corrected chi connectivity index (χ4v) is 1.41. The summed E-state index contributed by atoms with van der Waals surface area (Å²) in [5.41, 5.74) is -0.280. The zero-order chi connectivity index (χ0) is 9.90. The lowest BCUT2D eigenvalue weighted by molar-refractivity contribution is -0.140. The SMILES string of the molecule is CCCC(NC1(CO)CC1)C(=O)O. The molecule has 1 atom stereocenters. The van der Waals surface area contributed by atoms with Crippen LogP contribution >= 0.6 is 0 Å². The van der Waals surface area contributed by atoms with Gasteiger partial charge in [0, 0.05) is 5.54 Å². The van der Waals surface area contributed by atoms with Crippen molar-refractivity contribution in [3.8, 4) is 0 Å². The van der Waals surface area contributed by atoms with Crippen molar-refractivity contribution in [1.82, 2.24) is 5.32 Å². The van der Waals surface area contributed by atoms with Gasteiger partial charge in [-0.2, -0.15) is 0 Å². The second-order valence-electron chi connectivity index (χ2n) is 3.76. The second kappa shape index (κ2) is 4.07. The first-order chi connectivity index (χ1) is 6.13. The molecule has 1 fully saturated rings. The molecule has 3 N–H and O–H groups in total. The van der Waals surface area contributed by atoms with Crippen molar-refractivity contribution in [1.29, 1.82) is 0 Å². The van der Waals surface area contributed by atoms with Crippen LogP contribution in [0.1, 0.15) is 32.6 Å². The number of carboxylic acids is 1. The topological polar surface area (TPSA) is 69.6 Å². The van der Waals surface area contributed by atoms with Crippen LogP contribution in [-0.2, 0) is 4.79 Å². The van der Waals surface area contributed by atoms with E-state index in [4.69, 9.17) is 10.2 Å². The standard InChI is InChI=1S/C9H17NO3/c1-2-3-7(8(12)13)10-9(6-11)4-5-9/h7,10-11H,2-6H2,1H3,(H,12,13). The lowest BCUT2D eigenvalue weighted by atomic mass is 10.1. The highest BCUT2D eigenvalue weighted by molar-refractivity contribution is 5.73. The van der Waals surface area contributed by atoms with Gasteiger partial charge < -0.3 is 10.2 Å². The first-order valence-corrected chi connectivity index (χ1v) is 4.75. The van der Waals surface area contributed by atoms with Crippen molar-refractivity contribution in [2.24, 2.45) is 0 Å². The van der Waals surface area contributed by atoms with Crippen molar-refractivity contribution >= 4 is 5.97 Å². The van der Waals surface area contributed by atoms with E-state index in [-0.39, 0.29) is 12.1 Å². The largest absolute Gasteiger partial charge is 0.480 e. The van der Waals surface area contributed by atoms with Crippen LogP contribution in [0.15, 0.2) is 0 Å². The molecule has 1 aliphatic carbocycles. The van der Waals surface area contributed by atoms with Gasteiger partial charge in [0.25, 0.3) is 0 Å². The van der Waals surface area contributed by atoms with E-state index in [1.165, 1.54) is 0 Å². The summed E-state index contributed by atoms with van der Waals surface area (Å²) < 4.78 is 0. The number of carbonyl (C=O) groups is 1. The molecule has 1 aliphatic rings. The van der Waals surface area contributed by atoms with Crippen molar-refractivity contribution in [2.75, 3.05) is 6.61 Å². The Hall–Kier alpha value is -0.610. The first kappa shape index (κ1) is 10.5. The summed E-state index contributed by atoms with van der Waals surface area (Å²) in [6.07, 6.45) is 3.23. The van der Waals surface area contributed by atoms with Gasteiger partial charge in [-0.1, -0.05) is 13.3 Å². The van der Waals surface area contributed by atoms with Gasteiger partial charge in [-0.3, -0.25) is 10.1 Å². The molecule has 4 heteroatoms. The molecule has 0 aromatic carbocycles. The van der Waals surface area contributed by atoms with Crippen LogP contribution in [0.4, 0.5) is 0 Å². The second-order valence-corrected chi connectivity index (χ2v) is 3.76. The number of hydrogen-bond acceptors (Lipinski definition) is 3. The Morgan fingerprint density at radius 1 is 1.62 bits per heavy atom. The van der Waals surface area contributed by atoms with Gasteiger partial charge in [-0.05, 0) is 19.3 Å². The zero-order valence-corrected chi connectivity index (χ0v) is 7.92. The maximum absolute atomic E-state index is 10.8. The summed E-state index contributed by atoms with van der Waals surface area (Å²) in [4.78, 5) is 10.8. The van der Waals surface area contributed by atoms with Crippen LogP contribution in [0.2, 0.25) is 0 Å². The summed E-state index contributed by atoms with van der Waals surface area (Å²) >= 11 is 0. The number of carboxylic acid groups (broad SMARTS) is 1. The number of rotatable bonds is 6. The average Bonchev–Trinajstić information content (AvgIpc) is 2.85. The van der Waals surface area contributed by atoms with E-state index < -0.39 is 12.0 Å². The van der Waals surface area contributed by atoms with E-state index in [9.17, 15) is 4.79 Å². The number of aliphatic carboxylic acids is 1. The molecule has 0 radical (unpaired) electrons. The third kappa shape index (κ3) is 2.67. The van der Waals surface area contributed by atoms with Crippen LogP contribution in [0.5, 0.6) is 0 Å². The van der Waals surface area contributed by atoms with E-state index in [0.29, 0.717) is 6.42 Å². The van der Waals surface area contributed by atoms with E-state index in [0.717, 1.165) is 19.3 Å². The van der Waals surface area contributed by atoms with E-state index in [1.54, 1.807) is 0 Å². The van der Waals surface area contributed by atoms with Gasteiger partial charge in [-0.25, -0.2) is 0 Å². The molecule has 1 unspecified atom stereocenters. The molecule has 0 amide bonds. The maximum Gasteiger partial charge on any atom is 0.320 e. The van der Waals surface area contributed by atoms with E-state index in [1.807, 2.05) is 6.92 Å². The molecular formula is C9H17NO3. The first-order valence-electron chi connectivity index (χ1n) is 4.75. The van der Waals surface area contributed by atoms with Gasteiger partial charge in [0.15, 0.2) is 0 Å². The Kier molecular flexibility index (Phi) is 3.27. The molecule has 0 aliphatic heterocycles. The minimum atomic E-state index is -0.818. The third-order valence-electron chi connectivity index (χ3n) is 2.51. The van der Waals surface area contributed by atoms with Crippen molar-refractivity contribution in [3.05, 3.63) is 0 Å². The highest BCUT2D eigenvalue weighted by Crippen LogP contribution is 2.35. The van der Waals surface area contributed by atoms with E-state index >= 15 is 0 Å². The number of aliphatic hydroxyl groups is 1. The molecule has 0 bridgehead atoms. The van der Waals surface area contributed by atoms with Gasteiger partial charge in [0.2, 0.25) is 0 Å². The van der Waals surface area contributed by atoms with Crippen molar-refractivity contribution in [2.45, 2.75) is 44.2 Å². The van der Waals surface area contributed by atoms with Gasteiger partial charge in [-0.15, -0.1) is 0 Å². The lowest BCUT2D eigenvalue weighted by Gasteiger charge is -2.20. The molecule has 1 rings (SSSR count). The van der Waals surface area contributed by atoms with E-state index in [2.05, 4.69) is 5.32 Å². The quantitative estimate of drug-likeness (QED) is 0.561. The molecule has 0 saturated heterocycles. The zero-order valence-electron chi connectivity index (χ0n) is 7.92. The van der Waals surface area contributed by atoms with Crippen molar-refractivity contribution < 1.29 is 15.0 Å². The number of nitrogens with one attached hydrogen (secondary N) is 1. The third-order valence-corrected chi connectivity index (χ3v) is 2.51. The molecule has 76 valence electrons. The lowest BCUT2D eigenvalue weighted by Crippen LogP contribution is -2.46. The fraction of sp³-hybridized carbons (Fsp3) is 0.889. The minimum Gasteiger partial charge on any atom is -0.480 e. The smallest absolute Gasteiger partial charge is 0.320 e. The molecule has 1 saturated carbocycles. The summed E-state index contributed by atoms with van der Waals surface area (Å²) in [5.74, 6) is -0.818. The van der Waals surface area contributed by atoms with Crippen LogP contribution in [0.3, 0.4) is 0 Å². The predicted octanol–water partition coefficient (Wildman–Crippen LogP) is 0.354. The Morgan fingerprint density at radius 2 is 2.23 bits per heavy atom.